The molecule has 1 saturated heterocycles. The molecule has 0 unspecified atom stereocenters. The van der Waals surface area contributed by atoms with Crippen molar-refractivity contribution in [3.63, 3.8) is 0 Å². The number of carboxylic acid groups (broad SMARTS) is 1. The largest absolute Gasteiger partial charge is 0.490 e. The standard InChI is InChI=1S/C23H23IN2O5S/c1-5-30-18-11-14(10-17(24)20(18)31-13(2)3)12-19-21(27)26(4)23(32-19)25-16-8-6-15(7-9-16)22(28)29/h6-13H,5H2,1-4H3,(H,28,29)/b19-12+,25-23?. The molecule has 0 radical (unpaired) electrons. The van der Waals surface area contributed by atoms with Gasteiger partial charge in [-0.1, -0.05) is 0 Å². The van der Waals surface area contributed by atoms with E-state index in [0.29, 0.717) is 33.9 Å². The first-order chi connectivity index (χ1) is 15.2. The van der Waals surface area contributed by atoms with E-state index in [1.807, 2.05) is 39.0 Å². The second-order valence-electron chi connectivity index (χ2n) is 7.15. The SMILES string of the molecule is CCOc1cc(/C=C2/SC(=Nc3ccc(C(=O)O)cc3)N(C)C2=O)cc(I)c1OC(C)C. The van der Waals surface area contributed by atoms with Gasteiger partial charge in [0.05, 0.1) is 32.4 Å². The molecule has 1 amide bonds. The van der Waals surface area contributed by atoms with Crippen LogP contribution >= 0.6 is 34.4 Å². The molecule has 3 rings (SSSR count). The normalized spacial score (nSPS) is 16.3. The first-order valence-corrected chi connectivity index (χ1v) is 11.8. The highest BCUT2D eigenvalue weighted by Crippen LogP contribution is 2.38. The van der Waals surface area contributed by atoms with E-state index in [9.17, 15) is 9.59 Å². The van der Waals surface area contributed by atoms with E-state index in [1.54, 1.807) is 19.2 Å². The van der Waals surface area contributed by atoms with Crippen LogP contribution in [0.4, 0.5) is 5.69 Å². The molecule has 0 atom stereocenters. The second-order valence-corrected chi connectivity index (χ2v) is 9.32. The lowest BCUT2D eigenvalue weighted by Crippen LogP contribution is -2.23. The van der Waals surface area contributed by atoms with Crippen LogP contribution in [0.2, 0.25) is 0 Å². The van der Waals surface area contributed by atoms with E-state index in [2.05, 4.69) is 27.6 Å². The van der Waals surface area contributed by atoms with Gasteiger partial charge in [-0.2, -0.15) is 0 Å². The highest BCUT2D eigenvalue weighted by molar-refractivity contribution is 14.1. The number of hydrogen-bond acceptors (Lipinski definition) is 6. The van der Waals surface area contributed by atoms with Gasteiger partial charge in [0.25, 0.3) is 5.91 Å². The third kappa shape index (κ3) is 5.63. The molecule has 7 nitrogen and oxygen atoms in total. The fraction of sp³-hybridized carbons (Fsp3) is 0.261. The zero-order chi connectivity index (χ0) is 23.4. The van der Waals surface area contributed by atoms with Crippen LogP contribution in [0.1, 0.15) is 36.7 Å². The van der Waals surface area contributed by atoms with Crippen molar-refractivity contribution < 1.29 is 24.2 Å². The van der Waals surface area contributed by atoms with Gasteiger partial charge in [-0.3, -0.25) is 9.69 Å². The summed E-state index contributed by atoms with van der Waals surface area (Å²) in [6.45, 7) is 6.33. The summed E-state index contributed by atoms with van der Waals surface area (Å²) in [6.07, 6.45) is 1.82. The minimum atomic E-state index is -0.997. The summed E-state index contributed by atoms with van der Waals surface area (Å²) >= 11 is 3.47. The number of amidine groups is 1. The predicted octanol–water partition coefficient (Wildman–Crippen LogP) is 5.41. The van der Waals surface area contributed by atoms with E-state index in [1.165, 1.54) is 28.8 Å². The van der Waals surface area contributed by atoms with Crippen LogP contribution in [-0.4, -0.2) is 46.8 Å². The monoisotopic (exact) mass is 566 g/mol. The second kappa shape index (κ2) is 10.4. The van der Waals surface area contributed by atoms with Crippen molar-refractivity contribution in [1.82, 2.24) is 4.90 Å². The van der Waals surface area contributed by atoms with Gasteiger partial charge in [0.1, 0.15) is 0 Å². The Balaban J connectivity index is 1.90. The van der Waals surface area contributed by atoms with Crippen molar-refractivity contribution in [2.45, 2.75) is 26.9 Å². The number of thioether (sulfide) groups is 1. The Morgan fingerprint density at radius 3 is 2.56 bits per heavy atom. The Hall–Kier alpha value is -2.53. The number of aromatic carboxylic acids is 1. The molecule has 1 aliphatic heterocycles. The quantitative estimate of drug-likeness (QED) is 0.356. The van der Waals surface area contributed by atoms with Crippen molar-refractivity contribution in [3.8, 4) is 11.5 Å². The summed E-state index contributed by atoms with van der Waals surface area (Å²) in [6, 6.07) is 10.0. The molecule has 0 bridgehead atoms. The third-order valence-corrected chi connectivity index (χ3v) is 6.19. The number of nitrogens with zero attached hydrogens (tertiary/aromatic N) is 2. The number of likely N-dealkylation sites (N-methyl/N-ethyl adjacent to an activating group) is 1. The molecule has 0 aromatic heterocycles. The molecular weight excluding hydrogens is 543 g/mol. The van der Waals surface area contributed by atoms with E-state index in [-0.39, 0.29) is 17.6 Å². The molecule has 0 aliphatic carbocycles. The summed E-state index contributed by atoms with van der Waals surface area (Å²) in [5.74, 6) is 0.171. The van der Waals surface area contributed by atoms with Crippen molar-refractivity contribution in [3.05, 3.63) is 56.0 Å². The minimum absolute atomic E-state index is 0.0101. The molecule has 2 aromatic carbocycles. The lowest BCUT2D eigenvalue weighted by atomic mass is 10.2. The van der Waals surface area contributed by atoms with Crippen LogP contribution in [0, 0.1) is 3.57 Å². The number of ether oxygens (including phenoxy) is 2. The number of hydrogen-bond donors (Lipinski definition) is 1. The number of benzene rings is 2. The number of carbonyl (C=O) groups is 2. The summed E-state index contributed by atoms with van der Waals surface area (Å²) in [5, 5.41) is 9.54. The molecule has 1 N–H and O–H groups in total. The van der Waals surface area contributed by atoms with Gasteiger partial charge >= 0.3 is 5.97 Å². The van der Waals surface area contributed by atoms with Crippen LogP contribution in [0.25, 0.3) is 6.08 Å². The smallest absolute Gasteiger partial charge is 0.335 e. The van der Waals surface area contributed by atoms with Gasteiger partial charge < -0.3 is 14.6 Å². The Labute approximate surface area is 204 Å². The highest BCUT2D eigenvalue weighted by atomic mass is 127. The number of rotatable bonds is 7. The summed E-state index contributed by atoms with van der Waals surface area (Å²) < 4.78 is 12.6. The number of aliphatic imine (C=N–C) groups is 1. The molecule has 0 saturated carbocycles. The predicted molar refractivity (Wildman–Crippen MR) is 135 cm³/mol. The molecule has 32 heavy (non-hydrogen) atoms. The van der Waals surface area contributed by atoms with E-state index < -0.39 is 5.97 Å². The maximum absolute atomic E-state index is 12.8. The highest BCUT2D eigenvalue weighted by Gasteiger charge is 2.30. The van der Waals surface area contributed by atoms with Crippen molar-refractivity contribution in [1.29, 1.82) is 0 Å². The summed E-state index contributed by atoms with van der Waals surface area (Å²) in [5.41, 5.74) is 1.58. The molecule has 168 valence electrons. The Morgan fingerprint density at radius 1 is 1.28 bits per heavy atom. The van der Waals surface area contributed by atoms with Gasteiger partial charge in [0, 0.05) is 7.05 Å². The lowest BCUT2D eigenvalue weighted by molar-refractivity contribution is -0.121. The molecule has 1 aliphatic rings. The maximum atomic E-state index is 12.8. The molecule has 2 aromatic rings. The van der Waals surface area contributed by atoms with Crippen LogP contribution in [0.5, 0.6) is 11.5 Å². The number of amides is 1. The minimum Gasteiger partial charge on any atom is -0.490 e. The fourth-order valence-electron chi connectivity index (χ4n) is 2.88. The van der Waals surface area contributed by atoms with Gasteiger partial charge in [-0.05, 0) is 103 Å². The van der Waals surface area contributed by atoms with Crippen molar-refractivity contribution in [2.24, 2.45) is 4.99 Å². The Morgan fingerprint density at radius 2 is 1.97 bits per heavy atom. The molecule has 1 fully saturated rings. The first-order valence-electron chi connectivity index (χ1n) is 9.92. The van der Waals surface area contributed by atoms with E-state index in [0.717, 1.165) is 9.13 Å². The van der Waals surface area contributed by atoms with Crippen LogP contribution < -0.4 is 9.47 Å². The number of carbonyl (C=O) groups excluding carboxylic acids is 1. The van der Waals surface area contributed by atoms with Crippen molar-refractivity contribution in [2.75, 3.05) is 13.7 Å². The summed E-state index contributed by atoms with van der Waals surface area (Å²) in [7, 11) is 1.66. The molecular formula is C23H23IN2O5S. The van der Waals surface area contributed by atoms with Gasteiger partial charge in [0.2, 0.25) is 0 Å². The van der Waals surface area contributed by atoms with Crippen LogP contribution in [-0.2, 0) is 4.79 Å². The third-order valence-electron chi connectivity index (χ3n) is 4.33. The van der Waals surface area contributed by atoms with Gasteiger partial charge in [-0.25, -0.2) is 9.79 Å². The summed E-state index contributed by atoms with van der Waals surface area (Å²) in [4.78, 5) is 30.3. The number of halogens is 1. The Bertz CT molecular complexity index is 1100. The zero-order valence-electron chi connectivity index (χ0n) is 18.1. The van der Waals surface area contributed by atoms with Crippen molar-refractivity contribution >= 4 is 63.2 Å². The van der Waals surface area contributed by atoms with Gasteiger partial charge in [0.15, 0.2) is 16.7 Å². The maximum Gasteiger partial charge on any atom is 0.335 e. The molecule has 1 heterocycles. The first kappa shape index (κ1) is 24.1. The Kier molecular flexibility index (Phi) is 7.83. The van der Waals surface area contributed by atoms with Crippen LogP contribution in [0.15, 0.2) is 46.3 Å². The van der Waals surface area contributed by atoms with Gasteiger partial charge in [-0.15, -0.1) is 0 Å². The van der Waals surface area contributed by atoms with E-state index >= 15 is 0 Å². The molecule has 9 heteroatoms. The number of carboxylic acids is 1. The van der Waals surface area contributed by atoms with E-state index in [4.69, 9.17) is 14.6 Å². The average molecular weight is 566 g/mol. The van der Waals surface area contributed by atoms with Crippen LogP contribution in [0.3, 0.4) is 0 Å². The topological polar surface area (TPSA) is 88.4 Å². The zero-order valence-corrected chi connectivity index (χ0v) is 21.1. The lowest BCUT2D eigenvalue weighted by Gasteiger charge is -2.17. The fourth-order valence-corrected chi connectivity index (χ4v) is 4.62. The molecule has 0 spiro atoms. The average Bonchev–Trinajstić information content (AvgIpc) is 2.99.